The molecule has 0 heterocycles. The summed E-state index contributed by atoms with van der Waals surface area (Å²) in [5.41, 5.74) is 1.88. The van der Waals surface area contributed by atoms with Crippen molar-refractivity contribution in [2.75, 3.05) is 39.3 Å². The van der Waals surface area contributed by atoms with Gasteiger partial charge in [0, 0.05) is 18.3 Å². The number of hydrogen-bond acceptors (Lipinski definition) is 5. The molecule has 0 atom stereocenters. The normalized spacial score (nSPS) is 11.0. The van der Waals surface area contributed by atoms with E-state index in [1.165, 1.54) is 0 Å². The highest BCUT2D eigenvalue weighted by Crippen LogP contribution is 2.30. The highest BCUT2D eigenvalue weighted by atomic mass is 16.5. The van der Waals surface area contributed by atoms with Crippen molar-refractivity contribution in [2.24, 2.45) is 4.99 Å². The molecule has 7 nitrogen and oxygen atoms in total. The SMILES string of the molecule is CCNC(=NCc1ccc(OC)c(OCC)c1)Nc1ccc(OCC)c(OC)c1. The third kappa shape index (κ3) is 6.48. The zero-order valence-corrected chi connectivity index (χ0v) is 17.9. The Bertz CT molecular complexity index is 809. The summed E-state index contributed by atoms with van der Waals surface area (Å²) in [4.78, 5) is 4.68. The van der Waals surface area contributed by atoms with Gasteiger partial charge in [-0.2, -0.15) is 0 Å². The summed E-state index contributed by atoms with van der Waals surface area (Å²) in [6.45, 7) is 8.31. The van der Waals surface area contributed by atoms with Crippen molar-refractivity contribution < 1.29 is 18.9 Å². The molecule has 29 heavy (non-hydrogen) atoms. The zero-order valence-electron chi connectivity index (χ0n) is 17.9. The van der Waals surface area contributed by atoms with Crippen LogP contribution in [0.15, 0.2) is 41.4 Å². The Hall–Kier alpha value is -3.09. The van der Waals surface area contributed by atoms with E-state index in [4.69, 9.17) is 18.9 Å². The van der Waals surface area contributed by atoms with Crippen molar-refractivity contribution in [3.63, 3.8) is 0 Å². The first-order chi connectivity index (χ1) is 14.1. The van der Waals surface area contributed by atoms with Crippen molar-refractivity contribution in [1.82, 2.24) is 5.32 Å². The van der Waals surface area contributed by atoms with Crippen LogP contribution in [0.4, 0.5) is 5.69 Å². The van der Waals surface area contributed by atoms with Crippen LogP contribution in [-0.4, -0.2) is 39.9 Å². The number of nitrogens with zero attached hydrogens (tertiary/aromatic N) is 1. The number of anilines is 1. The van der Waals surface area contributed by atoms with Gasteiger partial charge in [0.15, 0.2) is 29.0 Å². The fourth-order valence-electron chi connectivity index (χ4n) is 2.72. The van der Waals surface area contributed by atoms with E-state index >= 15 is 0 Å². The van der Waals surface area contributed by atoms with Crippen LogP contribution < -0.4 is 29.6 Å². The molecule has 0 saturated carbocycles. The Kier molecular flexibility index (Phi) is 8.95. The average Bonchev–Trinajstić information content (AvgIpc) is 2.73. The van der Waals surface area contributed by atoms with E-state index < -0.39 is 0 Å². The van der Waals surface area contributed by atoms with Crippen LogP contribution in [0.2, 0.25) is 0 Å². The summed E-state index contributed by atoms with van der Waals surface area (Å²) in [7, 11) is 3.26. The van der Waals surface area contributed by atoms with E-state index in [-0.39, 0.29) is 0 Å². The Morgan fingerprint density at radius 1 is 0.828 bits per heavy atom. The lowest BCUT2D eigenvalue weighted by Crippen LogP contribution is -2.30. The van der Waals surface area contributed by atoms with Gasteiger partial charge < -0.3 is 29.6 Å². The standard InChI is InChI=1S/C22H31N3O4/c1-6-23-22(25-17-10-12-19(28-7-2)20(14-17)27-5)24-15-16-9-11-18(26-4)21(13-16)29-8-3/h9-14H,6-8,15H2,1-5H3,(H2,23,24,25). The maximum absolute atomic E-state index is 5.64. The molecule has 0 saturated heterocycles. The highest BCUT2D eigenvalue weighted by Gasteiger charge is 2.08. The van der Waals surface area contributed by atoms with E-state index in [2.05, 4.69) is 15.6 Å². The lowest BCUT2D eigenvalue weighted by molar-refractivity contribution is 0.310. The van der Waals surface area contributed by atoms with Crippen LogP contribution in [0.5, 0.6) is 23.0 Å². The fraction of sp³-hybridized carbons (Fsp3) is 0.409. The molecule has 0 aliphatic carbocycles. The minimum absolute atomic E-state index is 0.494. The topological polar surface area (TPSA) is 73.3 Å². The molecular weight excluding hydrogens is 370 g/mol. The minimum atomic E-state index is 0.494. The largest absolute Gasteiger partial charge is 0.493 e. The van der Waals surface area contributed by atoms with Gasteiger partial charge in [0.1, 0.15) is 0 Å². The molecule has 2 aromatic carbocycles. The van der Waals surface area contributed by atoms with Crippen LogP contribution in [0.1, 0.15) is 26.3 Å². The number of methoxy groups -OCH3 is 2. The van der Waals surface area contributed by atoms with Crippen molar-refractivity contribution >= 4 is 11.6 Å². The summed E-state index contributed by atoms with van der Waals surface area (Å²) in [6.07, 6.45) is 0. The number of rotatable bonds is 10. The van der Waals surface area contributed by atoms with Gasteiger partial charge in [0.05, 0.1) is 34.0 Å². The predicted octanol–water partition coefficient (Wildman–Crippen LogP) is 4.08. The molecule has 0 spiro atoms. The number of ether oxygens (including phenoxy) is 4. The molecule has 0 aromatic heterocycles. The molecule has 2 N–H and O–H groups in total. The number of aliphatic imine (C=N–C) groups is 1. The number of benzene rings is 2. The number of guanidine groups is 1. The van der Waals surface area contributed by atoms with E-state index in [9.17, 15) is 0 Å². The molecular formula is C22H31N3O4. The summed E-state index contributed by atoms with van der Waals surface area (Å²) in [5.74, 6) is 3.49. The maximum Gasteiger partial charge on any atom is 0.196 e. The smallest absolute Gasteiger partial charge is 0.196 e. The van der Waals surface area contributed by atoms with Gasteiger partial charge in [-0.15, -0.1) is 0 Å². The van der Waals surface area contributed by atoms with E-state index in [0.717, 1.165) is 23.5 Å². The second kappa shape index (κ2) is 11.7. The summed E-state index contributed by atoms with van der Waals surface area (Å²) in [6, 6.07) is 11.5. The first-order valence-corrected chi connectivity index (χ1v) is 9.80. The first-order valence-electron chi connectivity index (χ1n) is 9.80. The van der Waals surface area contributed by atoms with Crippen molar-refractivity contribution in [1.29, 1.82) is 0 Å². The summed E-state index contributed by atoms with van der Waals surface area (Å²) >= 11 is 0. The van der Waals surface area contributed by atoms with Crippen molar-refractivity contribution in [3.8, 4) is 23.0 Å². The van der Waals surface area contributed by atoms with Gasteiger partial charge in [0.25, 0.3) is 0 Å². The van der Waals surface area contributed by atoms with E-state index in [0.29, 0.717) is 43.0 Å². The first kappa shape index (κ1) is 22.2. The summed E-state index contributed by atoms with van der Waals surface area (Å²) < 4.78 is 22.0. The van der Waals surface area contributed by atoms with Gasteiger partial charge in [-0.3, -0.25) is 0 Å². The molecule has 0 bridgehead atoms. The molecule has 0 unspecified atom stereocenters. The Morgan fingerprint density at radius 3 is 2.17 bits per heavy atom. The third-order valence-electron chi connectivity index (χ3n) is 4.02. The van der Waals surface area contributed by atoms with Crippen LogP contribution >= 0.6 is 0 Å². The monoisotopic (exact) mass is 401 g/mol. The molecule has 0 amide bonds. The van der Waals surface area contributed by atoms with E-state index in [1.54, 1.807) is 14.2 Å². The second-order valence-electron chi connectivity index (χ2n) is 6.04. The minimum Gasteiger partial charge on any atom is -0.493 e. The fourth-order valence-corrected chi connectivity index (χ4v) is 2.72. The number of hydrogen-bond donors (Lipinski definition) is 2. The Balaban J connectivity index is 2.17. The maximum atomic E-state index is 5.64. The molecule has 0 fully saturated rings. The van der Waals surface area contributed by atoms with E-state index in [1.807, 2.05) is 57.2 Å². The highest BCUT2D eigenvalue weighted by molar-refractivity contribution is 5.93. The van der Waals surface area contributed by atoms with Crippen LogP contribution in [0.25, 0.3) is 0 Å². The molecule has 2 rings (SSSR count). The lowest BCUT2D eigenvalue weighted by atomic mass is 10.2. The molecule has 158 valence electrons. The summed E-state index contributed by atoms with van der Waals surface area (Å²) in [5, 5.41) is 6.56. The van der Waals surface area contributed by atoms with Crippen molar-refractivity contribution in [3.05, 3.63) is 42.0 Å². The van der Waals surface area contributed by atoms with Crippen molar-refractivity contribution in [2.45, 2.75) is 27.3 Å². The second-order valence-corrected chi connectivity index (χ2v) is 6.04. The molecule has 0 radical (unpaired) electrons. The average molecular weight is 402 g/mol. The van der Waals surface area contributed by atoms with Gasteiger partial charge in [-0.05, 0) is 50.6 Å². The predicted molar refractivity (Wildman–Crippen MR) is 117 cm³/mol. The van der Waals surface area contributed by atoms with Gasteiger partial charge >= 0.3 is 0 Å². The van der Waals surface area contributed by atoms with Crippen LogP contribution in [0, 0.1) is 0 Å². The van der Waals surface area contributed by atoms with Gasteiger partial charge in [0.2, 0.25) is 0 Å². The molecule has 7 heteroatoms. The third-order valence-corrected chi connectivity index (χ3v) is 4.02. The van der Waals surface area contributed by atoms with Crippen LogP contribution in [0.3, 0.4) is 0 Å². The van der Waals surface area contributed by atoms with Gasteiger partial charge in [-0.1, -0.05) is 6.07 Å². The Labute approximate surface area is 173 Å². The number of nitrogens with one attached hydrogen (secondary N) is 2. The molecule has 2 aromatic rings. The lowest BCUT2D eigenvalue weighted by Gasteiger charge is -2.15. The van der Waals surface area contributed by atoms with Gasteiger partial charge in [-0.25, -0.2) is 4.99 Å². The molecule has 0 aliphatic heterocycles. The zero-order chi connectivity index (χ0) is 21.1. The van der Waals surface area contributed by atoms with Crippen LogP contribution in [-0.2, 0) is 6.54 Å². The quantitative estimate of drug-likeness (QED) is 0.462. The Morgan fingerprint density at radius 2 is 1.52 bits per heavy atom. The molecule has 0 aliphatic rings.